The summed E-state index contributed by atoms with van der Waals surface area (Å²) in [6.07, 6.45) is 8.49. The highest BCUT2D eigenvalue weighted by Crippen LogP contribution is 2.35. The summed E-state index contributed by atoms with van der Waals surface area (Å²) in [6, 6.07) is 0. The fraction of sp³-hybridized carbons (Fsp3) is 0.500. The molecule has 2 heteroatoms. The molecule has 2 nitrogen and oxygen atoms in total. The maximum atomic E-state index is 7.23. The third-order valence-electron chi connectivity index (χ3n) is 2.98. The largest absolute Gasteiger partial charge is 0.478 e. The van der Waals surface area contributed by atoms with Crippen LogP contribution in [-0.4, -0.2) is 12.0 Å². The van der Waals surface area contributed by atoms with Crippen molar-refractivity contribution in [2.24, 2.45) is 5.92 Å². The molecule has 0 heterocycles. The molecule has 0 spiro atoms. The first kappa shape index (κ1) is 12.8. The van der Waals surface area contributed by atoms with Crippen molar-refractivity contribution in [3.8, 4) is 0 Å². The van der Waals surface area contributed by atoms with Crippen LogP contribution in [0, 0.1) is 11.3 Å². The van der Waals surface area contributed by atoms with Crippen molar-refractivity contribution in [1.29, 1.82) is 5.41 Å². The second kappa shape index (κ2) is 5.69. The van der Waals surface area contributed by atoms with Crippen LogP contribution in [0.25, 0.3) is 0 Å². The Bertz CT molecular complexity index is 333. The average Bonchev–Trinajstić information content (AvgIpc) is 2.18. The highest BCUT2D eigenvalue weighted by molar-refractivity contribution is 5.69. The summed E-state index contributed by atoms with van der Waals surface area (Å²) >= 11 is 0. The minimum absolute atomic E-state index is 0.232. The van der Waals surface area contributed by atoms with Crippen molar-refractivity contribution in [2.75, 3.05) is 0 Å². The quantitative estimate of drug-likeness (QED) is 0.435. The molecule has 16 heavy (non-hydrogen) atoms. The van der Waals surface area contributed by atoms with Gasteiger partial charge in [-0.05, 0) is 32.6 Å². The van der Waals surface area contributed by atoms with Crippen LogP contribution in [0.15, 0.2) is 36.0 Å². The van der Waals surface area contributed by atoms with Crippen molar-refractivity contribution in [2.45, 2.75) is 39.7 Å². The predicted molar refractivity (Wildman–Crippen MR) is 68.7 cm³/mol. The van der Waals surface area contributed by atoms with Crippen molar-refractivity contribution >= 4 is 5.90 Å². The van der Waals surface area contributed by atoms with Crippen LogP contribution in [0.1, 0.15) is 33.6 Å². The minimum atomic E-state index is 0.232. The van der Waals surface area contributed by atoms with Gasteiger partial charge in [0, 0.05) is 6.92 Å². The average molecular weight is 219 g/mol. The lowest BCUT2D eigenvalue weighted by atomic mass is 9.77. The van der Waals surface area contributed by atoms with E-state index < -0.39 is 0 Å². The molecule has 0 aromatic carbocycles. The zero-order chi connectivity index (χ0) is 12.1. The zero-order valence-electron chi connectivity index (χ0n) is 10.4. The lowest BCUT2D eigenvalue weighted by molar-refractivity contribution is 0.0700. The molecule has 0 aromatic heterocycles. The highest BCUT2D eigenvalue weighted by atomic mass is 16.5. The summed E-state index contributed by atoms with van der Waals surface area (Å²) < 4.78 is 5.32. The number of hydrogen-bond donors (Lipinski definition) is 1. The molecule has 0 amide bonds. The van der Waals surface area contributed by atoms with E-state index in [0.29, 0.717) is 11.8 Å². The standard InChI is InChI=1S/C14H21NO/c1-5-10(2)6-7-11(3)13-8-14(9-13)16-12(4)15/h5-7,13-15H,3,8-9H2,1-2,4H3/b7-6-,10-5-,15-12?. The van der Waals surface area contributed by atoms with E-state index in [1.165, 1.54) is 11.1 Å². The minimum Gasteiger partial charge on any atom is -0.478 e. The van der Waals surface area contributed by atoms with Crippen molar-refractivity contribution in [3.63, 3.8) is 0 Å². The Hall–Kier alpha value is -1.31. The Balaban J connectivity index is 2.32. The van der Waals surface area contributed by atoms with E-state index in [1.807, 2.05) is 6.92 Å². The van der Waals surface area contributed by atoms with Crippen LogP contribution in [0.4, 0.5) is 0 Å². The fourth-order valence-corrected chi connectivity index (χ4v) is 1.69. The van der Waals surface area contributed by atoms with Gasteiger partial charge in [0.2, 0.25) is 0 Å². The van der Waals surface area contributed by atoms with Crippen molar-refractivity contribution < 1.29 is 4.74 Å². The molecule has 1 saturated carbocycles. The summed E-state index contributed by atoms with van der Waals surface area (Å²) in [4.78, 5) is 0. The highest BCUT2D eigenvalue weighted by Gasteiger charge is 2.31. The summed E-state index contributed by atoms with van der Waals surface area (Å²) in [5.74, 6) is 0.847. The van der Waals surface area contributed by atoms with Crippen LogP contribution in [-0.2, 0) is 4.74 Å². The monoisotopic (exact) mass is 219 g/mol. The Labute approximate surface area is 98.2 Å². The molecule has 1 rings (SSSR count). The number of nitrogens with one attached hydrogen (secondary N) is 1. The molecule has 0 unspecified atom stereocenters. The van der Waals surface area contributed by atoms with Crippen LogP contribution < -0.4 is 0 Å². The first-order valence-corrected chi connectivity index (χ1v) is 5.74. The summed E-state index contributed by atoms with van der Waals surface area (Å²) in [7, 11) is 0. The third kappa shape index (κ3) is 3.69. The zero-order valence-corrected chi connectivity index (χ0v) is 10.4. The third-order valence-corrected chi connectivity index (χ3v) is 2.98. The van der Waals surface area contributed by atoms with Crippen LogP contribution >= 0.6 is 0 Å². The van der Waals surface area contributed by atoms with Gasteiger partial charge >= 0.3 is 0 Å². The number of ether oxygens (including phenoxy) is 1. The number of rotatable bonds is 4. The first-order chi connectivity index (χ1) is 7.52. The second-order valence-corrected chi connectivity index (χ2v) is 4.41. The number of allylic oxidation sites excluding steroid dienone is 5. The summed E-state index contributed by atoms with van der Waals surface area (Å²) in [6.45, 7) is 9.86. The van der Waals surface area contributed by atoms with E-state index in [4.69, 9.17) is 10.1 Å². The molecular formula is C14H21NO. The predicted octanol–water partition coefficient (Wildman–Crippen LogP) is 3.86. The molecule has 1 aliphatic carbocycles. The Morgan fingerprint density at radius 3 is 2.44 bits per heavy atom. The molecule has 0 aliphatic heterocycles. The van der Waals surface area contributed by atoms with Gasteiger partial charge in [-0.25, -0.2) is 0 Å². The molecule has 1 aliphatic rings. The molecule has 0 atom stereocenters. The van der Waals surface area contributed by atoms with Crippen molar-refractivity contribution in [3.05, 3.63) is 36.0 Å². The van der Waals surface area contributed by atoms with Crippen LogP contribution in [0.5, 0.6) is 0 Å². The van der Waals surface area contributed by atoms with E-state index in [-0.39, 0.29) is 6.10 Å². The van der Waals surface area contributed by atoms with E-state index in [2.05, 4.69) is 31.7 Å². The van der Waals surface area contributed by atoms with E-state index >= 15 is 0 Å². The smallest absolute Gasteiger partial charge is 0.177 e. The number of hydrogen-bond acceptors (Lipinski definition) is 2. The van der Waals surface area contributed by atoms with Crippen LogP contribution in [0.3, 0.4) is 0 Å². The topological polar surface area (TPSA) is 33.1 Å². The SMILES string of the molecule is C=C(/C=C\C(C)=C/C)C1CC(OC(C)=N)C1. The molecule has 0 bridgehead atoms. The molecule has 1 N–H and O–H groups in total. The molecule has 0 saturated heterocycles. The lowest BCUT2D eigenvalue weighted by Crippen LogP contribution is -2.33. The van der Waals surface area contributed by atoms with Gasteiger partial charge < -0.3 is 4.74 Å². The maximum Gasteiger partial charge on any atom is 0.177 e. The van der Waals surface area contributed by atoms with Gasteiger partial charge in [0.15, 0.2) is 5.90 Å². The van der Waals surface area contributed by atoms with Crippen molar-refractivity contribution in [1.82, 2.24) is 0 Å². The van der Waals surface area contributed by atoms with Crippen LogP contribution in [0.2, 0.25) is 0 Å². The van der Waals surface area contributed by atoms with Gasteiger partial charge in [0.25, 0.3) is 0 Å². The van der Waals surface area contributed by atoms with Gasteiger partial charge in [0.1, 0.15) is 6.10 Å². The van der Waals surface area contributed by atoms with Gasteiger partial charge in [0.05, 0.1) is 0 Å². The van der Waals surface area contributed by atoms with Gasteiger partial charge in [-0.2, -0.15) is 0 Å². The molecule has 0 aromatic rings. The first-order valence-electron chi connectivity index (χ1n) is 5.74. The van der Waals surface area contributed by atoms with Gasteiger partial charge in [-0.3, -0.25) is 5.41 Å². The summed E-state index contributed by atoms with van der Waals surface area (Å²) in [5.41, 5.74) is 2.42. The maximum absolute atomic E-state index is 7.23. The Morgan fingerprint density at radius 1 is 1.31 bits per heavy atom. The molecular weight excluding hydrogens is 198 g/mol. The Morgan fingerprint density at radius 2 is 1.94 bits per heavy atom. The lowest BCUT2D eigenvalue weighted by Gasteiger charge is -2.35. The summed E-state index contributed by atoms with van der Waals surface area (Å²) in [5, 5.41) is 7.23. The molecule has 1 fully saturated rings. The Kier molecular flexibility index (Phi) is 4.53. The molecule has 0 radical (unpaired) electrons. The van der Waals surface area contributed by atoms with Gasteiger partial charge in [-0.1, -0.05) is 36.0 Å². The fourth-order valence-electron chi connectivity index (χ4n) is 1.69. The molecule has 88 valence electrons. The van der Waals surface area contributed by atoms with E-state index in [9.17, 15) is 0 Å². The normalized spacial score (nSPS) is 25.3. The second-order valence-electron chi connectivity index (χ2n) is 4.41. The van der Waals surface area contributed by atoms with Gasteiger partial charge in [-0.15, -0.1) is 0 Å². The van der Waals surface area contributed by atoms with E-state index in [1.54, 1.807) is 6.92 Å². The van der Waals surface area contributed by atoms with E-state index in [0.717, 1.165) is 12.8 Å².